The Kier molecular flexibility index (Phi) is 11.8. The molecule has 35 heavy (non-hydrogen) atoms. The minimum Gasteiger partial charge on any atom is -0.461 e. The van der Waals surface area contributed by atoms with E-state index in [-0.39, 0.29) is 37.8 Å². The summed E-state index contributed by atoms with van der Waals surface area (Å²) in [4.78, 5) is 47.2. The minimum absolute atomic E-state index is 0.0320. The molecule has 0 fully saturated rings. The maximum atomic E-state index is 12.0. The number of rotatable bonds is 11. The van der Waals surface area contributed by atoms with E-state index in [0.717, 1.165) is 11.1 Å². The molecule has 0 aliphatic heterocycles. The van der Waals surface area contributed by atoms with E-state index in [9.17, 15) is 19.2 Å². The molecule has 1 rings (SSSR count). The van der Waals surface area contributed by atoms with E-state index in [0.29, 0.717) is 0 Å². The fourth-order valence-electron chi connectivity index (χ4n) is 2.44. The van der Waals surface area contributed by atoms with E-state index in [1.165, 1.54) is 6.92 Å². The first-order chi connectivity index (χ1) is 16.3. The van der Waals surface area contributed by atoms with E-state index >= 15 is 0 Å². The van der Waals surface area contributed by atoms with Crippen LogP contribution in [0.15, 0.2) is 36.4 Å². The van der Waals surface area contributed by atoms with Gasteiger partial charge in [-0.15, -0.1) is 0 Å². The second-order valence-electron chi connectivity index (χ2n) is 9.19. The van der Waals surface area contributed by atoms with Crippen molar-refractivity contribution in [3.05, 3.63) is 47.5 Å². The predicted molar refractivity (Wildman–Crippen MR) is 128 cm³/mol. The highest BCUT2D eigenvalue weighted by molar-refractivity contribution is 5.86. The summed E-state index contributed by atoms with van der Waals surface area (Å²) >= 11 is 0. The van der Waals surface area contributed by atoms with Crippen molar-refractivity contribution in [2.24, 2.45) is 5.41 Å². The number of hydrogen-bond acceptors (Lipinski definition) is 8. The van der Waals surface area contributed by atoms with Crippen molar-refractivity contribution >= 4 is 24.1 Å². The lowest BCUT2D eigenvalue weighted by atomic mass is 9.97. The van der Waals surface area contributed by atoms with Gasteiger partial charge >= 0.3 is 24.1 Å². The van der Waals surface area contributed by atoms with Gasteiger partial charge in [0.2, 0.25) is 0 Å². The smallest absolute Gasteiger partial charge is 0.407 e. The number of nitrogens with one attached hydrogen (secondary N) is 2. The number of alkyl carbamates (subject to hydrolysis) is 2. The Morgan fingerprint density at radius 2 is 1.34 bits per heavy atom. The van der Waals surface area contributed by atoms with E-state index in [4.69, 9.17) is 18.9 Å². The SMILES string of the molecule is C=C(C)C(=O)OCC(C)OC(=O)NCc1cccc(CNC(=O)OC(C)COC(=O)C(C)(C)C)c1. The van der Waals surface area contributed by atoms with E-state index in [1.54, 1.807) is 40.7 Å². The van der Waals surface area contributed by atoms with Crippen molar-refractivity contribution in [1.82, 2.24) is 10.6 Å². The van der Waals surface area contributed by atoms with Crippen LogP contribution in [0, 0.1) is 5.41 Å². The number of hydrogen-bond donors (Lipinski definition) is 2. The summed E-state index contributed by atoms with van der Waals surface area (Å²) in [7, 11) is 0. The predicted octanol–water partition coefficient (Wildman–Crippen LogP) is 3.62. The van der Waals surface area contributed by atoms with Gasteiger partial charge in [0.25, 0.3) is 0 Å². The lowest BCUT2D eigenvalue weighted by Crippen LogP contribution is -2.32. The molecular weight excluding hydrogens is 456 g/mol. The van der Waals surface area contributed by atoms with Gasteiger partial charge in [0.15, 0.2) is 0 Å². The van der Waals surface area contributed by atoms with Crippen LogP contribution < -0.4 is 10.6 Å². The topological polar surface area (TPSA) is 129 Å². The Balaban J connectivity index is 2.39. The van der Waals surface area contributed by atoms with E-state index in [1.807, 2.05) is 18.2 Å². The number of esters is 2. The summed E-state index contributed by atoms with van der Waals surface area (Å²) < 4.78 is 20.4. The molecule has 0 heterocycles. The van der Waals surface area contributed by atoms with Crippen LogP contribution in [-0.2, 0) is 41.6 Å². The molecule has 0 spiro atoms. The van der Waals surface area contributed by atoms with Gasteiger partial charge in [0, 0.05) is 18.7 Å². The number of ether oxygens (including phenoxy) is 4. The third kappa shape index (κ3) is 12.5. The second-order valence-corrected chi connectivity index (χ2v) is 9.19. The quantitative estimate of drug-likeness (QED) is 0.272. The van der Waals surface area contributed by atoms with Crippen molar-refractivity contribution in [2.45, 2.75) is 66.8 Å². The van der Waals surface area contributed by atoms with E-state index < -0.39 is 35.8 Å². The molecule has 0 aliphatic carbocycles. The lowest BCUT2D eigenvalue weighted by Gasteiger charge is -2.19. The summed E-state index contributed by atoms with van der Waals surface area (Å²) in [5, 5.41) is 5.26. The Hall–Kier alpha value is -3.56. The average Bonchev–Trinajstić information content (AvgIpc) is 2.77. The van der Waals surface area contributed by atoms with Crippen LogP contribution >= 0.6 is 0 Å². The van der Waals surface area contributed by atoms with Crippen LogP contribution in [0.25, 0.3) is 0 Å². The van der Waals surface area contributed by atoms with Gasteiger partial charge in [-0.2, -0.15) is 0 Å². The summed E-state index contributed by atoms with van der Waals surface area (Å²) in [6.07, 6.45) is -2.52. The molecule has 2 N–H and O–H groups in total. The fraction of sp³-hybridized carbons (Fsp3) is 0.520. The Labute approximate surface area is 206 Å². The zero-order valence-electron chi connectivity index (χ0n) is 21.3. The first-order valence-electron chi connectivity index (χ1n) is 11.2. The molecule has 10 nitrogen and oxygen atoms in total. The molecule has 2 atom stereocenters. The molecule has 0 aliphatic rings. The summed E-state index contributed by atoms with van der Waals surface area (Å²) in [6.45, 7) is 13.8. The highest BCUT2D eigenvalue weighted by Crippen LogP contribution is 2.15. The van der Waals surface area contributed by atoms with E-state index in [2.05, 4.69) is 17.2 Å². The molecular formula is C25H36N2O8. The maximum Gasteiger partial charge on any atom is 0.407 e. The molecule has 0 radical (unpaired) electrons. The number of amides is 2. The summed E-state index contributed by atoms with van der Waals surface area (Å²) in [6, 6.07) is 7.23. The monoisotopic (exact) mass is 492 g/mol. The normalized spacial score (nSPS) is 12.5. The van der Waals surface area contributed by atoms with Crippen LogP contribution in [0.5, 0.6) is 0 Å². The molecule has 2 amide bonds. The van der Waals surface area contributed by atoms with Gasteiger partial charge in [0.1, 0.15) is 25.4 Å². The molecule has 1 aromatic rings. The first-order valence-corrected chi connectivity index (χ1v) is 11.2. The number of carbonyl (C=O) groups is 4. The summed E-state index contributed by atoms with van der Waals surface area (Å²) in [5.41, 5.74) is 1.22. The number of benzene rings is 1. The average molecular weight is 493 g/mol. The molecule has 194 valence electrons. The molecule has 1 aromatic carbocycles. The van der Waals surface area contributed by atoms with Crippen LogP contribution in [-0.4, -0.2) is 49.5 Å². The van der Waals surface area contributed by atoms with Crippen molar-refractivity contribution in [1.29, 1.82) is 0 Å². The zero-order valence-corrected chi connectivity index (χ0v) is 21.3. The minimum atomic E-state index is -0.655. The largest absolute Gasteiger partial charge is 0.461 e. The fourth-order valence-corrected chi connectivity index (χ4v) is 2.44. The Bertz CT molecular complexity index is 907. The Morgan fingerprint density at radius 3 is 1.77 bits per heavy atom. The van der Waals surface area contributed by atoms with Crippen molar-refractivity contribution in [3.63, 3.8) is 0 Å². The van der Waals surface area contributed by atoms with Crippen LogP contribution in [0.2, 0.25) is 0 Å². The van der Waals surface area contributed by atoms with Crippen LogP contribution in [0.4, 0.5) is 9.59 Å². The second kappa shape index (κ2) is 14.0. The summed E-state index contributed by atoms with van der Waals surface area (Å²) in [5.74, 6) is -0.920. The Morgan fingerprint density at radius 1 is 0.886 bits per heavy atom. The van der Waals surface area contributed by atoms with Gasteiger partial charge < -0.3 is 29.6 Å². The van der Waals surface area contributed by atoms with Gasteiger partial charge in [-0.1, -0.05) is 30.8 Å². The maximum absolute atomic E-state index is 12.0. The molecule has 0 saturated heterocycles. The van der Waals surface area contributed by atoms with Gasteiger partial charge in [-0.3, -0.25) is 4.79 Å². The third-order valence-electron chi connectivity index (χ3n) is 4.34. The molecule has 0 saturated carbocycles. The van der Waals surface area contributed by atoms with Gasteiger partial charge in [-0.05, 0) is 52.7 Å². The molecule has 2 unspecified atom stereocenters. The molecule has 10 heteroatoms. The molecule has 0 bridgehead atoms. The van der Waals surface area contributed by atoms with Gasteiger partial charge in [-0.25, -0.2) is 14.4 Å². The zero-order chi connectivity index (χ0) is 26.6. The highest BCUT2D eigenvalue weighted by Gasteiger charge is 2.24. The van der Waals surface area contributed by atoms with Gasteiger partial charge in [0.05, 0.1) is 5.41 Å². The van der Waals surface area contributed by atoms with Crippen LogP contribution in [0.1, 0.15) is 52.7 Å². The molecule has 0 aromatic heterocycles. The standard InChI is InChI=1S/C25H36N2O8/c1-16(2)21(28)32-14-17(3)34-23(30)26-12-19-9-8-10-20(11-19)13-27-24(31)35-18(4)15-33-22(29)25(5,6)7/h8-11,17-18H,1,12-15H2,2-7H3,(H,26,30)(H,27,31). The van der Waals surface area contributed by atoms with Crippen molar-refractivity contribution in [3.8, 4) is 0 Å². The number of carbonyl (C=O) groups excluding carboxylic acids is 4. The van der Waals surface area contributed by atoms with Crippen LogP contribution in [0.3, 0.4) is 0 Å². The highest BCUT2D eigenvalue weighted by atomic mass is 16.6. The first kappa shape index (κ1) is 29.5. The lowest BCUT2D eigenvalue weighted by molar-refractivity contribution is -0.155. The van der Waals surface area contributed by atoms with Crippen molar-refractivity contribution < 1.29 is 38.1 Å². The van der Waals surface area contributed by atoms with Crippen molar-refractivity contribution in [2.75, 3.05) is 13.2 Å². The third-order valence-corrected chi connectivity index (χ3v) is 4.34.